The lowest BCUT2D eigenvalue weighted by molar-refractivity contribution is -0.862. The minimum absolute atomic E-state index is 0.0579. The summed E-state index contributed by atoms with van der Waals surface area (Å²) in [4.78, 5) is 10.9. The molecule has 0 aliphatic heterocycles. The van der Waals surface area contributed by atoms with Crippen LogP contribution in [-0.4, -0.2) is 44.6 Å². The SMILES string of the molecule is [CH2]CNC(=O)C[N+](C)(C)C. The topological polar surface area (TPSA) is 29.1 Å². The van der Waals surface area contributed by atoms with Gasteiger partial charge in [-0.25, -0.2) is 0 Å². The maximum atomic E-state index is 10.9. The highest BCUT2D eigenvalue weighted by Crippen LogP contribution is 1.87. The Morgan fingerprint density at radius 3 is 2.30 bits per heavy atom. The van der Waals surface area contributed by atoms with E-state index in [1.54, 1.807) is 0 Å². The van der Waals surface area contributed by atoms with Crippen molar-refractivity contribution in [2.75, 3.05) is 34.2 Å². The second-order valence-electron chi connectivity index (χ2n) is 3.30. The van der Waals surface area contributed by atoms with Crippen LogP contribution in [-0.2, 0) is 4.79 Å². The van der Waals surface area contributed by atoms with Crippen LogP contribution in [0.25, 0.3) is 0 Å². The van der Waals surface area contributed by atoms with Gasteiger partial charge in [0.2, 0.25) is 0 Å². The normalized spacial score (nSPS) is 11.2. The fourth-order valence-corrected chi connectivity index (χ4v) is 0.626. The average Bonchev–Trinajstić information content (AvgIpc) is 1.59. The van der Waals surface area contributed by atoms with Gasteiger partial charge in [-0.3, -0.25) is 4.79 Å². The number of likely N-dealkylation sites (N-methyl/N-ethyl adjacent to an activating group) is 1. The first kappa shape index (κ1) is 9.43. The molecule has 1 N–H and O–H groups in total. The summed E-state index contributed by atoms with van der Waals surface area (Å²) in [6, 6.07) is 0. The number of amides is 1. The van der Waals surface area contributed by atoms with E-state index in [0.717, 1.165) is 0 Å². The highest BCUT2D eigenvalue weighted by atomic mass is 16.2. The lowest BCUT2D eigenvalue weighted by atomic mass is 10.5. The number of carbonyl (C=O) groups excluding carboxylic acids is 1. The van der Waals surface area contributed by atoms with Crippen LogP contribution in [0.2, 0.25) is 0 Å². The van der Waals surface area contributed by atoms with Crippen LogP contribution in [0.3, 0.4) is 0 Å². The van der Waals surface area contributed by atoms with Gasteiger partial charge in [0.15, 0.2) is 6.54 Å². The molecule has 0 aromatic heterocycles. The zero-order valence-electron chi connectivity index (χ0n) is 6.98. The van der Waals surface area contributed by atoms with E-state index in [2.05, 4.69) is 12.2 Å². The Kier molecular flexibility index (Phi) is 3.36. The second-order valence-corrected chi connectivity index (χ2v) is 3.30. The number of rotatable bonds is 3. The molecule has 0 saturated heterocycles. The number of hydrogen-bond donors (Lipinski definition) is 1. The van der Waals surface area contributed by atoms with Crippen molar-refractivity contribution in [3.8, 4) is 0 Å². The first-order valence-corrected chi connectivity index (χ1v) is 3.32. The Morgan fingerprint density at radius 1 is 1.50 bits per heavy atom. The van der Waals surface area contributed by atoms with Crippen LogP contribution in [0.4, 0.5) is 0 Å². The highest BCUT2D eigenvalue weighted by Gasteiger charge is 2.12. The molecule has 10 heavy (non-hydrogen) atoms. The third-order valence-electron chi connectivity index (χ3n) is 0.940. The Bertz CT molecular complexity index is 115. The summed E-state index contributed by atoms with van der Waals surface area (Å²) in [7, 11) is 5.92. The van der Waals surface area contributed by atoms with Gasteiger partial charge in [0, 0.05) is 6.54 Å². The molecule has 3 heteroatoms. The molecule has 0 spiro atoms. The minimum atomic E-state index is 0.0579. The average molecular weight is 144 g/mol. The van der Waals surface area contributed by atoms with Crippen LogP contribution in [0.15, 0.2) is 0 Å². The molecule has 0 aliphatic rings. The van der Waals surface area contributed by atoms with Gasteiger partial charge in [0.1, 0.15) is 0 Å². The zero-order valence-corrected chi connectivity index (χ0v) is 6.98. The van der Waals surface area contributed by atoms with Crippen LogP contribution in [0, 0.1) is 6.92 Å². The molecule has 0 bridgehead atoms. The third kappa shape index (κ3) is 5.56. The molecule has 0 atom stereocenters. The summed E-state index contributed by atoms with van der Waals surface area (Å²) in [5.74, 6) is 0.0579. The van der Waals surface area contributed by atoms with Crippen LogP contribution in [0.1, 0.15) is 0 Å². The molecular weight excluding hydrogens is 128 g/mol. The maximum Gasteiger partial charge on any atom is 0.275 e. The predicted molar refractivity (Wildman–Crippen MR) is 41.3 cm³/mol. The van der Waals surface area contributed by atoms with Crippen molar-refractivity contribution in [1.82, 2.24) is 5.32 Å². The van der Waals surface area contributed by atoms with Crippen molar-refractivity contribution >= 4 is 5.91 Å². The minimum Gasteiger partial charge on any atom is -0.351 e. The summed E-state index contributed by atoms with van der Waals surface area (Å²) in [5.41, 5.74) is 0. The Hall–Kier alpha value is -0.570. The van der Waals surface area contributed by atoms with Crippen molar-refractivity contribution in [2.45, 2.75) is 0 Å². The van der Waals surface area contributed by atoms with Gasteiger partial charge in [-0.15, -0.1) is 0 Å². The Labute approximate surface area is 62.6 Å². The predicted octanol–water partition coefficient (Wildman–Crippen LogP) is -0.357. The van der Waals surface area contributed by atoms with Crippen LogP contribution in [0.5, 0.6) is 0 Å². The van der Waals surface area contributed by atoms with Crippen molar-refractivity contribution < 1.29 is 9.28 Å². The monoisotopic (exact) mass is 144 g/mol. The molecule has 0 heterocycles. The van der Waals surface area contributed by atoms with Gasteiger partial charge >= 0.3 is 0 Å². The van der Waals surface area contributed by atoms with E-state index in [4.69, 9.17) is 0 Å². The van der Waals surface area contributed by atoms with E-state index < -0.39 is 0 Å². The summed E-state index contributed by atoms with van der Waals surface area (Å²) in [6.45, 7) is 4.50. The molecule has 0 aromatic rings. The first-order valence-electron chi connectivity index (χ1n) is 3.32. The fourth-order valence-electron chi connectivity index (χ4n) is 0.626. The van der Waals surface area contributed by atoms with Crippen molar-refractivity contribution in [3.05, 3.63) is 6.92 Å². The molecule has 0 fully saturated rings. The second kappa shape index (κ2) is 3.56. The van der Waals surface area contributed by atoms with Gasteiger partial charge in [0.05, 0.1) is 21.1 Å². The van der Waals surface area contributed by atoms with Crippen molar-refractivity contribution in [1.29, 1.82) is 0 Å². The van der Waals surface area contributed by atoms with E-state index in [9.17, 15) is 4.79 Å². The molecule has 59 valence electrons. The lowest BCUT2D eigenvalue weighted by Crippen LogP contribution is -2.44. The number of nitrogens with zero attached hydrogens (tertiary/aromatic N) is 1. The number of quaternary nitrogens is 1. The van der Waals surface area contributed by atoms with Gasteiger partial charge in [0.25, 0.3) is 5.91 Å². The van der Waals surface area contributed by atoms with Gasteiger partial charge in [-0.05, 0) is 6.92 Å². The van der Waals surface area contributed by atoms with E-state index in [-0.39, 0.29) is 5.91 Å². The number of hydrogen-bond acceptors (Lipinski definition) is 1. The summed E-state index contributed by atoms with van der Waals surface area (Å²) < 4.78 is 0.659. The molecule has 0 aromatic carbocycles. The maximum absolute atomic E-state index is 10.9. The molecule has 3 nitrogen and oxygen atoms in total. The Morgan fingerprint density at radius 2 is 2.00 bits per heavy atom. The molecule has 0 saturated carbocycles. The largest absolute Gasteiger partial charge is 0.351 e. The smallest absolute Gasteiger partial charge is 0.275 e. The van der Waals surface area contributed by atoms with Gasteiger partial charge in [-0.2, -0.15) is 0 Å². The number of carbonyl (C=O) groups is 1. The molecule has 1 amide bonds. The molecule has 0 aliphatic carbocycles. The summed E-state index contributed by atoms with van der Waals surface area (Å²) >= 11 is 0. The molecule has 0 unspecified atom stereocenters. The lowest BCUT2D eigenvalue weighted by Gasteiger charge is -2.22. The summed E-state index contributed by atoms with van der Waals surface area (Å²) in [6.07, 6.45) is 0. The quantitative estimate of drug-likeness (QED) is 0.539. The van der Waals surface area contributed by atoms with Crippen molar-refractivity contribution in [3.63, 3.8) is 0 Å². The fraction of sp³-hybridized carbons (Fsp3) is 0.714. The molecule has 1 radical (unpaired) electrons. The van der Waals surface area contributed by atoms with Gasteiger partial charge in [-0.1, -0.05) is 0 Å². The van der Waals surface area contributed by atoms with E-state index in [1.165, 1.54) is 0 Å². The summed E-state index contributed by atoms with van der Waals surface area (Å²) in [5, 5.41) is 2.64. The number of nitrogens with one attached hydrogen (secondary N) is 1. The molecule has 0 rings (SSSR count). The molecular formula is C7H16N2O+. The van der Waals surface area contributed by atoms with E-state index >= 15 is 0 Å². The van der Waals surface area contributed by atoms with Crippen LogP contribution < -0.4 is 5.32 Å². The highest BCUT2D eigenvalue weighted by molar-refractivity contribution is 5.77. The van der Waals surface area contributed by atoms with Crippen LogP contribution >= 0.6 is 0 Å². The zero-order chi connectivity index (χ0) is 8.20. The van der Waals surface area contributed by atoms with Crippen molar-refractivity contribution in [2.24, 2.45) is 0 Å². The van der Waals surface area contributed by atoms with E-state index in [1.807, 2.05) is 21.1 Å². The Balaban J connectivity index is 3.58. The third-order valence-corrected chi connectivity index (χ3v) is 0.940. The van der Waals surface area contributed by atoms with E-state index in [0.29, 0.717) is 17.6 Å². The van der Waals surface area contributed by atoms with Gasteiger partial charge < -0.3 is 9.80 Å². The standard InChI is InChI=1S/C7H15N2O/c1-5-8-7(10)6-9(2,3)4/h1,5-6H2,2-4H3/p+1. The first-order chi connectivity index (χ1) is 4.45.